The molecule has 4 rings (SSSR count). The largest absolute Gasteiger partial charge is 0.378 e. The van der Waals surface area contributed by atoms with Crippen molar-refractivity contribution in [3.05, 3.63) is 36.2 Å². The van der Waals surface area contributed by atoms with Crippen LogP contribution in [-0.2, 0) is 4.74 Å². The van der Waals surface area contributed by atoms with Gasteiger partial charge >= 0.3 is 0 Å². The maximum atomic E-state index is 5.70. The van der Waals surface area contributed by atoms with Crippen LogP contribution in [0.25, 0.3) is 11.5 Å². The lowest BCUT2D eigenvalue weighted by molar-refractivity contribution is -0.0210. The Hall–Kier alpha value is -1.47. The van der Waals surface area contributed by atoms with E-state index < -0.39 is 0 Å². The van der Waals surface area contributed by atoms with Gasteiger partial charge in [0.1, 0.15) is 0 Å². The smallest absolute Gasteiger partial charge is 0.257 e. The van der Waals surface area contributed by atoms with Crippen LogP contribution in [0.1, 0.15) is 24.7 Å². The summed E-state index contributed by atoms with van der Waals surface area (Å²) in [6, 6.07) is 10.0. The second-order valence-corrected chi connectivity index (χ2v) is 6.60. The number of hydrogen-bond donors (Lipinski definition) is 1. The summed E-state index contributed by atoms with van der Waals surface area (Å²) >= 11 is 0. The Morgan fingerprint density at radius 2 is 1.96 bits per heavy atom. The van der Waals surface area contributed by atoms with E-state index in [1.807, 2.05) is 30.3 Å². The zero-order valence-electron chi connectivity index (χ0n) is 14.3. The first-order valence-corrected chi connectivity index (χ1v) is 8.81. The fourth-order valence-corrected chi connectivity index (χ4v) is 3.56. The van der Waals surface area contributed by atoms with Crippen LogP contribution in [0.3, 0.4) is 0 Å². The quantitative estimate of drug-likeness (QED) is 0.899. The molecular formula is C18H25ClN4O2. The fraction of sp³-hybridized carbons (Fsp3) is 0.556. The van der Waals surface area contributed by atoms with Crippen LogP contribution in [-0.4, -0.2) is 54.4 Å². The number of piperidine rings is 1. The van der Waals surface area contributed by atoms with Gasteiger partial charge in [0, 0.05) is 18.7 Å². The topological polar surface area (TPSA) is 63.4 Å². The predicted octanol–water partition coefficient (Wildman–Crippen LogP) is 2.53. The first-order valence-electron chi connectivity index (χ1n) is 8.81. The minimum Gasteiger partial charge on any atom is -0.378 e. The van der Waals surface area contributed by atoms with Crippen molar-refractivity contribution in [1.29, 1.82) is 0 Å². The average molecular weight is 365 g/mol. The summed E-state index contributed by atoms with van der Waals surface area (Å²) in [5.41, 5.74) is 0.956. The van der Waals surface area contributed by atoms with E-state index in [1.54, 1.807) is 0 Å². The Morgan fingerprint density at radius 3 is 2.76 bits per heavy atom. The van der Waals surface area contributed by atoms with Gasteiger partial charge < -0.3 is 14.6 Å². The molecule has 3 heterocycles. The molecule has 1 unspecified atom stereocenters. The molecule has 1 N–H and O–H groups in total. The normalized spacial score (nSPS) is 22.5. The SMILES string of the molecule is Cl.c1ccc(-c2nc(C3COCCN3CC3CCNCC3)no2)cc1. The molecule has 2 fully saturated rings. The highest BCUT2D eigenvalue weighted by Gasteiger charge is 2.31. The Balaban J connectivity index is 0.00000182. The summed E-state index contributed by atoms with van der Waals surface area (Å²) in [6.45, 7) is 5.69. The number of morpholine rings is 1. The van der Waals surface area contributed by atoms with E-state index >= 15 is 0 Å². The number of halogens is 1. The number of aromatic nitrogens is 2. The number of benzene rings is 1. The van der Waals surface area contributed by atoms with Gasteiger partial charge in [-0.2, -0.15) is 4.98 Å². The summed E-state index contributed by atoms with van der Waals surface area (Å²) < 4.78 is 11.2. The van der Waals surface area contributed by atoms with Crippen molar-refractivity contribution >= 4 is 12.4 Å². The van der Waals surface area contributed by atoms with Crippen LogP contribution in [0, 0.1) is 5.92 Å². The summed E-state index contributed by atoms with van der Waals surface area (Å²) in [5, 5.41) is 7.67. The van der Waals surface area contributed by atoms with Crippen LogP contribution < -0.4 is 5.32 Å². The second-order valence-electron chi connectivity index (χ2n) is 6.60. The molecule has 2 aliphatic heterocycles. The van der Waals surface area contributed by atoms with Crippen molar-refractivity contribution in [3.63, 3.8) is 0 Å². The highest BCUT2D eigenvalue weighted by atomic mass is 35.5. The monoisotopic (exact) mass is 364 g/mol. The van der Waals surface area contributed by atoms with Gasteiger partial charge in [0.15, 0.2) is 5.82 Å². The molecule has 0 radical (unpaired) electrons. The van der Waals surface area contributed by atoms with E-state index in [0.717, 1.165) is 50.1 Å². The molecule has 2 aromatic rings. The third-order valence-electron chi connectivity index (χ3n) is 4.95. The maximum absolute atomic E-state index is 5.70. The van der Waals surface area contributed by atoms with Crippen molar-refractivity contribution in [3.8, 4) is 11.5 Å². The Labute approximate surface area is 154 Å². The van der Waals surface area contributed by atoms with Gasteiger partial charge in [0.05, 0.1) is 19.3 Å². The first kappa shape index (κ1) is 18.3. The van der Waals surface area contributed by atoms with Gasteiger partial charge in [0.2, 0.25) is 0 Å². The molecule has 0 aliphatic carbocycles. The lowest BCUT2D eigenvalue weighted by Gasteiger charge is -2.37. The van der Waals surface area contributed by atoms with E-state index in [1.165, 1.54) is 12.8 Å². The molecule has 0 bridgehead atoms. The van der Waals surface area contributed by atoms with Crippen molar-refractivity contribution in [2.45, 2.75) is 18.9 Å². The van der Waals surface area contributed by atoms with Gasteiger partial charge in [-0.25, -0.2) is 0 Å². The zero-order chi connectivity index (χ0) is 16.2. The molecule has 2 aliphatic rings. The van der Waals surface area contributed by atoms with E-state index in [-0.39, 0.29) is 18.4 Å². The third-order valence-corrected chi connectivity index (χ3v) is 4.95. The van der Waals surface area contributed by atoms with Crippen LogP contribution in [0.2, 0.25) is 0 Å². The van der Waals surface area contributed by atoms with Gasteiger partial charge in [-0.1, -0.05) is 23.4 Å². The van der Waals surface area contributed by atoms with E-state index in [2.05, 4.69) is 20.4 Å². The predicted molar refractivity (Wildman–Crippen MR) is 97.7 cm³/mol. The standard InChI is InChI=1S/C18H24N4O2.ClH/c1-2-4-15(5-3-1)18-20-17(21-24-18)16-13-23-11-10-22(16)12-14-6-8-19-9-7-14;/h1-5,14,16,19H,6-13H2;1H. The summed E-state index contributed by atoms with van der Waals surface area (Å²) in [4.78, 5) is 7.11. The van der Waals surface area contributed by atoms with E-state index in [4.69, 9.17) is 9.26 Å². The van der Waals surface area contributed by atoms with Crippen LogP contribution >= 0.6 is 12.4 Å². The fourth-order valence-electron chi connectivity index (χ4n) is 3.56. The molecule has 1 aromatic heterocycles. The number of nitrogens with one attached hydrogen (secondary N) is 1. The summed E-state index contributed by atoms with van der Waals surface area (Å²) in [5.74, 6) is 2.06. The molecule has 136 valence electrons. The van der Waals surface area contributed by atoms with Crippen LogP contribution in [0.4, 0.5) is 0 Å². The highest BCUT2D eigenvalue weighted by Crippen LogP contribution is 2.27. The number of ether oxygens (including phenoxy) is 1. The molecule has 2 saturated heterocycles. The average Bonchev–Trinajstić information content (AvgIpc) is 3.14. The molecule has 0 saturated carbocycles. The van der Waals surface area contributed by atoms with Gasteiger partial charge in [-0.15, -0.1) is 12.4 Å². The van der Waals surface area contributed by atoms with Crippen LogP contribution in [0.15, 0.2) is 34.9 Å². The zero-order valence-corrected chi connectivity index (χ0v) is 15.1. The first-order chi connectivity index (χ1) is 11.9. The third kappa shape index (κ3) is 4.39. The van der Waals surface area contributed by atoms with Crippen molar-refractivity contribution in [1.82, 2.24) is 20.4 Å². The van der Waals surface area contributed by atoms with Crippen molar-refractivity contribution < 1.29 is 9.26 Å². The maximum Gasteiger partial charge on any atom is 0.257 e. The van der Waals surface area contributed by atoms with Gasteiger partial charge in [-0.3, -0.25) is 4.90 Å². The number of nitrogens with zero attached hydrogens (tertiary/aromatic N) is 3. The highest BCUT2D eigenvalue weighted by molar-refractivity contribution is 5.85. The Morgan fingerprint density at radius 1 is 1.16 bits per heavy atom. The molecule has 25 heavy (non-hydrogen) atoms. The molecule has 7 heteroatoms. The van der Waals surface area contributed by atoms with Crippen LogP contribution in [0.5, 0.6) is 0 Å². The van der Waals surface area contributed by atoms with Gasteiger partial charge in [0.25, 0.3) is 5.89 Å². The molecule has 0 spiro atoms. The van der Waals surface area contributed by atoms with E-state index in [0.29, 0.717) is 12.5 Å². The number of hydrogen-bond acceptors (Lipinski definition) is 6. The minimum atomic E-state index is 0. The van der Waals surface area contributed by atoms with E-state index in [9.17, 15) is 0 Å². The van der Waals surface area contributed by atoms with Crippen molar-refractivity contribution in [2.75, 3.05) is 39.4 Å². The summed E-state index contributed by atoms with van der Waals surface area (Å²) in [7, 11) is 0. The molecule has 0 amide bonds. The molecule has 6 nitrogen and oxygen atoms in total. The lowest BCUT2D eigenvalue weighted by Crippen LogP contribution is -2.44. The summed E-state index contributed by atoms with van der Waals surface area (Å²) in [6.07, 6.45) is 2.48. The number of rotatable bonds is 4. The minimum absolute atomic E-state index is 0. The van der Waals surface area contributed by atoms with Crippen molar-refractivity contribution in [2.24, 2.45) is 5.92 Å². The van der Waals surface area contributed by atoms with Gasteiger partial charge in [-0.05, 0) is 44.0 Å². The Bertz CT molecular complexity index is 646. The molecular weight excluding hydrogens is 340 g/mol. The molecule has 1 atom stereocenters. The second kappa shape index (κ2) is 8.76. The lowest BCUT2D eigenvalue weighted by atomic mass is 9.96. The molecule has 1 aromatic carbocycles. The Kier molecular flexibility index (Phi) is 6.42.